The predicted octanol–water partition coefficient (Wildman–Crippen LogP) is 6.75. The van der Waals surface area contributed by atoms with Crippen molar-refractivity contribution in [2.75, 3.05) is 0 Å². The number of hydrogen-bond donors (Lipinski definition) is 0. The normalized spacial score (nSPS) is 10.4. The first-order chi connectivity index (χ1) is 9.06. The van der Waals surface area contributed by atoms with E-state index in [0.29, 0.717) is 20.1 Å². The first-order valence-electron chi connectivity index (χ1n) is 5.61. The van der Waals surface area contributed by atoms with Crippen molar-refractivity contribution in [3.63, 3.8) is 0 Å². The van der Waals surface area contributed by atoms with Gasteiger partial charge in [0, 0.05) is 31.2 Å². The standard InChI is InChI=1S/C15H10Cl4/c1-2-9(14-10(16)5-3-6-11(14)17)15-12(18)7-4-8-13(15)19/h2-8H,1H3. The minimum Gasteiger partial charge on any atom is -0.0836 e. The molecule has 0 fully saturated rings. The number of halogens is 4. The van der Waals surface area contributed by atoms with Gasteiger partial charge in [0.15, 0.2) is 0 Å². The van der Waals surface area contributed by atoms with Crippen LogP contribution in [0.25, 0.3) is 5.57 Å². The lowest BCUT2D eigenvalue weighted by molar-refractivity contribution is 1.52. The number of benzene rings is 2. The fraction of sp³-hybridized carbons (Fsp3) is 0.0667. The van der Waals surface area contributed by atoms with Crippen LogP contribution in [0.15, 0.2) is 42.5 Å². The first kappa shape index (κ1) is 14.7. The van der Waals surface area contributed by atoms with Crippen molar-refractivity contribution in [3.8, 4) is 0 Å². The Labute approximate surface area is 132 Å². The Morgan fingerprint density at radius 2 is 1.05 bits per heavy atom. The summed E-state index contributed by atoms with van der Waals surface area (Å²) in [5.41, 5.74) is 2.30. The molecule has 2 aromatic rings. The van der Waals surface area contributed by atoms with Crippen LogP contribution in [-0.4, -0.2) is 0 Å². The van der Waals surface area contributed by atoms with Gasteiger partial charge in [-0.15, -0.1) is 0 Å². The second-order valence-corrected chi connectivity index (χ2v) is 5.52. The summed E-state index contributed by atoms with van der Waals surface area (Å²) in [7, 11) is 0. The molecule has 0 aliphatic carbocycles. The van der Waals surface area contributed by atoms with Gasteiger partial charge in [-0.25, -0.2) is 0 Å². The van der Waals surface area contributed by atoms with E-state index in [1.165, 1.54) is 0 Å². The maximum absolute atomic E-state index is 6.25. The van der Waals surface area contributed by atoms with Crippen molar-refractivity contribution >= 4 is 52.0 Å². The number of hydrogen-bond acceptors (Lipinski definition) is 0. The van der Waals surface area contributed by atoms with Gasteiger partial charge in [-0.2, -0.15) is 0 Å². The topological polar surface area (TPSA) is 0 Å². The molecule has 0 unspecified atom stereocenters. The van der Waals surface area contributed by atoms with Gasteiger partial charge in [0.1, 0.15) is 0 Å². The molecule has 0 N–H and O–H groups in total. The fourth-order valence-electron chi connectivity index (χ4n) is 1.92. The molecule has 0 amide bonds. The van der Waals surface area contributed by atoms with E-state index < -0.39 is 0 Å². The van der Waals surface area contributed by atoms with Gasteiger partial charge in [0.05, 0.1) is 0 Å². The van der Waals surface area contributed by atoms with Crippen molar-refractivity contribution < 1.29 is 0 Å². The molecular formula is C15H10Cl4. The van der Waals surface area contributed by atoms with E-state index in [9.17, 15) is 0 Å². The molecule has 2 aromatic carbocycles. The van der Waals surface area contributed by atoms with Crippen LogP contribution < -0.4 is 0 Å². The SMILES string of the molecule is CC=C(c1c(Cl)cccc1Cl)c1c(Cl)cccc1Cl. The first-order valence-corrected chi connectivity index (χ1v) is 7.12. The van der Waals surface area contributed by atoms with Crippen molar-refractivity contribution in [1.82, 2.24) is 0 Å². The van der Waals surface area contributed by atoms with Crippen LogP contribution in [0.1, 0.15) is 18.1 Å². The molecule has 0 spiro atoms. The van der Waals surface area contributed by atoms with E-state index in [0.717, 1.165) is 16.7 Å². The van der Waals surface area contributed by atoms with E-state index in [1.54, 1.807) is 36.4 Å². The molecule has 0 heterocycles. The lowest BCUT2D eigenvalue weighted by Gasteiger charge is -2.14. The van der Waals surface area contributed by atoms with Crippen LogP contribution >= 0.6 is 46.4 Å². The van der Waals surface area contributed by atoms with E-state index in [2.05, 4.69) is 0 Å². The van der Waals surface area contributed by atoms with Gasteiger partial charge in [0.2, 0.25) is 0 Å². The third kappa shape index (κ3) is 2.93. The molecular weight excluding hydrogens is 322 g/mol. The Morgan fingerprint density at radius 3 is 1.32 bits per heavy atom. The van der Waals surface area contributed by atoms with E-state index >= 15 is 0 Å². The van der Waals surface area contributed by atoms with E-state index in [-0.39, 0.29) is 0 Å². The molecule has 0 nitrogen and oxygen atoms in total. The lowest BCUT2D eigenvalue weighted by Crippen LogP contribution is -1.93. The number of allylic oxidation sites excluding steroid dienone is 1. The van der Waals surface area contributed by atoms with Gasteiger partial charge in [-0.3, -0.25) is 0 Å². The molecule has 2 rings (SSSR count). The largest absolute Gasteiger partial charge is 0.0836 e. The fourth-order valence-corrected chi connectivity index (χ4v) is 3.13. The molecule has 98 valence electrons. The zero-order valence-electron chi connectivity index (χ0n) is 10.1. The highest BCUT2D eigenvalue weighted by Gasteiger charge is 2.17. The third-order valence-electron chi connectivity index (χ3n) is 2.75. The maximum Gasteiger partial charge on any atom is 0.0499 e. The van der Waals surface area contributed by atoms with Crippen molar-refractivity contribution in [2.24, 2.45) is 0 Å². The molecule has 0 aromatic heterocycles. The Kier molecular flexibility index (Phi) is 4.81. The molecule has 0 saturated heterocycles. The smallest absolute Gasteiger partial charge is 0.0499 e. The molecule has 19 heavy (non-hydrogen) atoms. The number of rotatable bonds is 2. The second-order valence-electron chi connectivity index (χ2n) is 3.90. The van der Waals surface area contributed by atoms with Crippen LogP contribution in [0.2, 0.25) is 20.1 Å². The zero-order valence-corrected chi connectivity index (χ0v) is 13.1. The van der Waals surface area contributed by atoms with E-state index in [1.807, 2.05) is 13.0 Å². The summed E-state index contributed by atoms with van der Waals surface area (Å²) < 4.78 is 0. The molecule has 0 radical (unpaired) electrons. The van der Waals surface area contributed by atoms with Crippen LogP contribution in [-0.2, 0) is 0 Å². The summed E-state index contributed by atoms with van der Waals surface area (Å²) in [6.07, 6.45) is 1.90. The lowest BCUT2D eigenvalue weighted by atomic mass is 9.97. The van der Waals surface area contributed by atoms with Crippen molar-refractivity contribution in [1.29, 1.82) is 0 Å². The highest BCUT2D eigenvalue weighted by Crippen LogP contribution is 2.40. The minimum atomic E-state index is 0.566. The van der Waals surface area contributed by atoms with Gasteiger partial charge in [-0.1, -0.05) is 64.6 Å². The van der Waals surface area contributed by atoms with Gasteiger partial charge in [0.25, 0.3) is 0 Å². The van der Waals surface area contributed by atoms with Crippen molar-refractivity contribution in [3.05, 3.63) is 73.7 Å². The van der Waals surface area contributed by atoms with Gasteiger partial charge >= 0.3 is 0 Å². The Morgan fingerprint density at radius 1 is 0.737 bits per heavy atom. The van der Waals surface area contributed by atoms with Gasteiger partial charge in [-0.05, 0) is 36.8 Å². The average molecular weight is 332 g/mol. The molecule has 0 atom stereocenters. The summed E-state index contributed by atoms with van der Waals surface area (Å²) >= 11 is 25.0. The highest BCUT2D eigenvalue weighted by molar-refractivity contribution is 6.40. The summed E-state index contributed by atoms with van der Waals surface area (Å²) in [5.74, 6) is 0. The quantitative estimate of drug-likeness (QED) is 0.570. The van der Waals surface area contributed by atoms with Crippen LogP contribution in [0, 0.1) is 0 Å². The van der Waals surface area contributed by atoms with Crippen LogP contribution in [0.3, 0.4) is 0 Å². The second kappa shape index (κ2) is 6.19. The van der Waals surface area contributed by atoms with E-state index in [4.69, 9.17) is 46.4 Å². The predicted molar refractivity (Wildman–Crippen MR) is 85.7 cm³/mol. The third-order valence-corrected chi connectivity index (χ3v) is 4.01. The molecule has 0 saturated carbocycles. The van der Waals surface area contributed by atoms with Crippen LogP contribution in [0.4, 0.5) is 0 Å². The van der Waals surface area contributed by atoms with Gasteiger partial charge < -0.3 is 0 Å². The summed E-state index contributed by atoms with van der Waals surface area (Å²) in [5, 5.41) is 2.27. The molecule has 4 heteroatoms. The molecule has 0 aliphatic rings. The monoisotopic (exact) mass is 330 g/mol. The maximum atomic E-state index is 6.25. The Bertz CT molecular complexity index is 551. The molecule has 0 bridgehead atoms. The van der Waals surface area contributed by atoms with Crippen LogP contribution in [0.5, 0.6) is 0 Å². The summed E-state index contributed by atoms with van der Waals surface area (Å²) in [4.78, 5) is 0. The Hall–Kier alpha value is -0.660. The zero-order chi connectivity index (χ0) is 14.0. The summed E-state index contributed by atoms with van der Waals surface area (Å²) in [6.45, 7) is 1.90. The summed E-state index contributed by atoms with van der Waals surface area (Å²) in [6, 6.07) is 10.8. The van der Waals surface area contributed by atoms with Crippen molar-refractivity contribution in [2.45, 2.75) is 6.92 Å². The highest BCUT2D eigenvalue weighted by atomic mass is 35.5. The Balaban J connectivity index is 2.72. The minimum absolute atomic E-state index is 0.566. The molecule has 0 aliphatic heterocycles. The average Bonchev–Trinajstić information content (AvgIpc) is 2.36.